The van der Waals surface area contributed by atoms with Gasteiger partial charge < -0.3 is 10.2 Å². The summed E-state index contributed by atoms with van der Waals surface area (Å²) in [6.07, 6.45) is 58.4. The van der Waals surface area contributed by atoms with Crippen LogP contribution in [0.15, 0.2) is 0 Å². The molecule has 2 N–H and O–H groups in total. The van der Waals surface area contributed by atoms with E-state index in [1.165, 1.54) is 244 Å². The van der Waals surface area contributed by atoms with Crippen LogP contribution in [0.1, 0.15) is 309 Å². The van der Waals surface area contributed by atoms with Crippen molar-refractivity contribution in [3.8, 4) is 0 Å². The monoisotopic (exact) mass is 777 g/mol. The number of aliphatic carboxylic acids is 2. The van der Waals surface area contributed by atoms with Crippen LogP contribution < -0.4 is 0 Å². The van der Waals surface area contributed by atoms with E-state index >= 15 is 0 Å². The van der Waals surface area contributed by atoms with Gasteiger partial charge >= 0.3 is 11.9 Å². The van der Waals surface area contributed by atoms with E-state index < -0.39 is 11.9 Å². The number of carboxylic acids is 2. The molecule has 0 aliphatic rings. The first-order valence-corrected chi connectivity index (χ1v) is 25.4. The molecule has 55 heavy (non-hydrogen) atoms. The second kappa shape index (κ2) is 44.1. The second-order valence-electron chi connectivity index (χ2n) is 18.2. The van der Waals surface area contributed by atoms with Crippen molar-refractivity contribution in [2.24, 2.45) is 5.41 Å². The first-order valence-electron chi connectivity index (χ1n) is 25.4. The Kier molecular flexibility index (Phi) is 43.2. The molecule has 4 heteroatoms. The summed E-state index contributed by atoms with van der Waals surface area (Å²) in [5, 5.41) is 19.0. The Morgan fingerprint density at radius 1 is 0.273 bits per heavy atom. The van der Waals surface area contributed by atoms with Gasteiger partial charge in [0.15, 0.2) is 0 Å². The van der Waals surface area contributed by atoms with Crippen molar-refractivity contribution in [2.75, 3.05) is 0 Å². The summed E-state index contributed by atoms with van der Waals surface area (Å²) >= 11 is 0. The Morgan fingerprint density at radius 2 is 0.436 bits per heavy atom. The second-order valence-corrected chi connectivity index (χ2v) is 18.2. The minimum Gasteiger partial charge on any atom is -0.481 e. The summed E-state index contributed by atoms with van der Waals surface area (Å²) in [5.74, 6) is -1.49. The predicted molar refractivity (Wildman–Crippen MR) is 241 cm³/mol. The lowest BCUT2D eigenvalue weighted by Gasteiger charge is -2.34. The standard InChI is InChI=1S/C51H100O4/c1-3-5-7-9-11-13-15-17-19-21-23-25-27-29-31-33-35-37-39-41-45-51(47-43-49(52)53,48-44-50(54)55)46-42-40-38-36-34-32-30-28-26-24-22-20-18-16-14-12-10-8-6-4-2/h3-48H2,1-2H3,(H,52,53)(H,54,55). The minimum absolute atomic E-state index is 0.126. The van der Waals surface area contributed by atoms with Crippen LogP contribution in [0.25, 0.3) is 0 Å². The molecule has 0 spiro atoms. The van der Waals surface area contributed by atoms with Gasteiger partial charge in [0, 0.05) is 12.8 Å². The van der Waals surface area contributed by atoms with Crippen molar-refractivity contribution in [2.45, 2.75) is 309 Å². The van der Waals surface area contributed by atoms with Crippen LogP contribution in [0, 0.1) is 5.41 Å². The Balaban J connectivity index is 4.00. The molecule has 4 nitrogen and oxygen atoms in total. The summed E-state index contributed by atoms with van der Waals surface area (Å²) in [5.41, 5.74) is -0.126. The van der Waals surface area contributed by atoms with Gasteiger partial charge in [-0.25, -0.2) is 0 Å². The molecule has 0 aromatic carbocycles. The van der Waals surface area contributed by atoms with E-state index in [-0.39, 0.29) is 18.3 Å². The minimum atomic E-state index is -0.744. The van der Waals surface area contributed by atoms with Crippen molar-refractivity contribution in [3.05, 3.63) is 0 Å². The number of hydrogen-bond donors (Lipinski definition) is 2. The fraction of sp³-hybridized carbons (Fsp3) is 0.961. The fourth-order valence-corrected chi connectivity index (χ4v) is 9.00. The molecule has 0 saturated heterocycles. The number of carbonyl (C=O) groups is 2. The molecule has 0 aromatic rings. The average Bonchev–Trinajstić information content (AvgIpc) is 3.17. The number of hydrogen-bond acceptors (Lipinski definition) is 2. The van der Waals surface area contributed by atoms with Gasteiger partial charge in [0.25, 0.3) is 0 Å². The molecule has 0 unspecified atom stereocenters. The van der Waals surface area contributed by atoms with Gasteiger partial charge in [-0.2, -0.15) is 0 Å². The fourth-order valence-electron chi connectivity index (χ4n) is 9.00. The summed E-state index contributed by atoms with van der Waals surface area (Å²) in [4.78, 5) is 23.2. The van der Waals surface area contributed by atoms with Crippen LogP contribution in [0.2, 0.25) is 0 Å². The summed E-state index contributed by atoms with van der Waals surface area (Å²) in [6.45, 7) is 4.58. The van der Waals surface area contributed by atoms with Gasteiger partial charge in [-0.3, -0.25) is 9.59 Å². The highest BCUT2D eigenvalue weighted by molar-refractivity contribution is 5.67. The van der Waals surface area contributed by atoms with E-state index in [9.17, 15) is 19.8 Å². The van der Waals surface area contributed by atoms with E-state index in [1.807, 2.05) is 0 Å². The van der Waals surface area contributed by atoms with Crippen LogP contribution >= 0.6 is 0 Å². The van der Waals surface area contributed by atoms with Gasteiger partial charge in [-0.05, 0) is 31.1 Å². The van der Waals surface area contributed by atoms with Crippen molar-refractivity contribution >= 4 is 11.9 Å². The zero-order valence-electron chi connectivity index (χ0n) is 37.7. The Hall–Kier alpha value is -1.06. The first-order chi connectivity index (χ1) is 27.0. The third-order valence-corrected chi connectivity index (χ3v) is 12.9. The van der Waals surface area contributed by atoms with E-state index in [4.69, 9.17) is 0 Å². The van der Waals surface area contributed by atoms with Gasteiger partial charge in [0.2, 0.25) is 0 Å². The van der Waals surface area contributed by atoms with Crippen LogP contribution in [0.4, 0.5) is 0 Å². The van der Waals surface area contributed by atoms with E-state index in [0.29, 0.717) is 12.8 Å². The highest BCUT2D eigenvalue weighted by Crippen LogP contribution is 2.41. The maximum absolute atomic E-state index is 11.6. The van der Waals surface area contributed by atoms with Crippen molar-refractivity contribution in [3.63, 3.8) is 0 Å². The molecule has 0 amide bonds. The number of rotatable bonds is 48. The molecule has 0 saturated carbocycles. The lowest BCUT2D eigenvalue weighted by atomic mass is 9.71. The molecule has 328 valence electrons. The van der Waals surface area contributed by atoms with Crippen LogP contribution in [0.5, 0.6) is 0 Å². The van der Waals surface area contributed by atoms with Crippen LogP contribution in [0.3, 0.4) is 0 Å². The Labute approximate surface area is 345 Å². The SMILES string of the molecule is CCCCCCCCCCCCCCCCCCCCCCC(CCCCCCCCCCCCCCCCCCCCCC)(CCC(=O)O)CCC(=O)O. The Bertz CT molecular complexity index is 715. The molecule has 0 aliphatic heterocycles. The number of carboxylic acid groups (broad SMARTS) is 2. The summed E-state index contributed by atoms with van der Waals surface area (Å²) in [6, 6.07) is 0. The molecule has 0 fully saturated rings. The van der Waals surface area contributed by atoms with Crippen LogP contribution in [-0.2, 0) is 9.59 Å². The van der Waals surface area contributed by atoms with Gasteiger partial charge in [0.1, 0.15) is 0 Å². The molecular weight excluding hydrogens is 677 g/mol. The van der Waals surface area contributed by atoms with Crippen molar-refractivity contribution < 1.29 is 19.8 Å². The molecule has 0 aliphatic carbocycles. The van der Waals surface area contributed by atoms with Gasteiger partial charge in [0.05, 0.1) is 0 Å². The van der Waals surface area contributed by atoms with Crippen molar-refractivity contribution in [1.82, 2.24) is 0 Å². The molecule has 0 radical (unpaired) electrons. The third kappa shape index (κ3) is 42.4. The summed E-state index contributed by atoms with van der Waals surface area (Å²) < 4.78 is 0. The molecule has 0 rings (SSSR count). The third-order valence-electron chi connectivity index (χ3n) is 12.9. The lowest BCUT2D eigenvalue weighted by molar-refractivity contribution is -0.138. The smallest absolute Gasteiger partial charge is 0.303 e. The van der Waals surface area contributed by atoms with E-state index in [2.05, 4.69) is 13.8 Å². The molecule has 0 heterocycles. The number of unbranched alkanes of at least 4 members (excludes halogenated alkanes) is 38. The van der Waals surface area contributed by atoms with Gasteiger partial charge in [-0.15, -0.1) is 0 Å². The predicted octanol–water partition coefficient (Wildman–Crippen LogP) is 18.1. The van der Waals surface area contributed by atoms with E-state index in [0.717, 1.165) is 25.7 Å². The molecule has 0 atom stereocenters. The summed E-state index contributed by atoms with van der Waals surface area (Å²) in [7, 11) is 0. The quantitative estimate of drug-likeness (QED) is 0.0604. The molecule has 0 bridgehead atoms. The lowest BCUT2D eigenvalue weighted by Crippen LogP contribution is -2.24. The van der Waals surface area contributed by atoms with E-state index in [1.54, 1.807) is 0 Å². The Morgan fingerprint density at radius 3 is 0.600 bits per heavy atom. The zero-order chi connectivity index (χ0) is 40.2. The largest absolute Gasteiger partial charge is 0.481 e. The maximum atomic E-state index is 11.6. The average molecular weight is 777 g/mol. The normalized spacial score (nSPS) is 11.8. The topological polar surface area (TPSA) is 74.6 Å². The highest BCUT2D eigenvalue weighted by atomic mass is 16.4. The van der Waals surface area contributed by atoms with Crippen molar-refractivity contribution in [1.29, 1.82) is 0 Å². The highest BCUT2D eigenvalue weighted by Gasteiger charge is 2.30. The van der Waals surface area contributed by atoms with Crippen LogP contribution in [-0.4, -0.2) is 22.2 Å². The zero-order valence-corrected chi connectivity index (χ0v) is 37.7. The van der Waals surface area contributed by atoms with Gasteiger partial charge in [-0.1, -0.05) is 271 Å². The first kappa shape index (κ1) is 53.9. The molecule has 0 aromatic heterocycles. The maximum Gasteiger partial charge on any atom is 0.303 e. The molecular formula is C51H100O4.